The molecule has 0 radical (unpaired) electrons. The summed E-state index contributed by atoms with van der Waals surface area (Å²) in [5.74, 6) is 0. The van der Waals surface area contributed by atoms with Gasteiger partial charge < -0.3 is 14.5 Å². The Labute approximate surface area is 93.3 Å². The first-order valence-corrected chi connectivity index (χ1v) is 5.36. The second-order valence-electron chi connectivity index (χ2n) is 3.33. The Bertz CT molecular complexity index is 299. The average Bonchev–Trinajstić information content (AvgIpc) is 2.66. The summed E-state index contributed by atoms with van der Waals surface area (Å²) in [6, 6.07) is 0.480. The molecule has 1 fully saturated rings. The number of rotatable bonds is 4. The predicted octanol–water partition coefficient (Wildman–Crippen LogP) is 0.774. The van der Waals surface area contributed by atoms with Gasteiger partial charge in [-0.15, -0.1) is 0 Å². The first-order valence-electron chi connectivity index (χ1n) is 4.98. The van der Waals surface area contributed by atoms with E-state index in [0.717, 1.165) is 32.8 Å². The fraction of sp³-hybridized carbons (Fsp3) is 0.667. The summed E-state index contributed by atoms with van der Waals surface area (Å²) in [7, 11) is 0. The Morgan fingerprint density at radius 2 is 2.33 bits per heavy atom. The molecule has 1 N–H and O–H groups in total. The number of imidazole rings is 1. The van der Waals surface area contributed by atoms with E-state index in [0.29, 0.717) is 17.8 Å². The predicted molar refractivity (Wildman–Crippen MR) is 56.4 cm³/mol. The molecular formula is C9H14ClN3O2. The van der Waals surface area contributed by atoms with E-state index in [1.165, 1.54) is 0 Å². The average molecular weight is 232 g/mol. The Balaban J connectivity index is 1.65. The highest BCUT2D eigenvalue weighted by Gasteiger charge is 2.10. The molecule has 0 spiro atoms. The van der Waals surface area contributed by atoms with Crippen LogP contribution in [0.3, 0.4) is 0 Å². The summed E-state index contributed by atoms with van der Waals surface area (Å²) in [5, 5.41) is 0.427. The van der Waals surface area contributed by atoms with Gasteiger partial charge in [-0.25, -0.2) is 0 Å². The zero-order valence-electron chi connectivity index (χ0n) is 8.41. The highest BCUT2D eigenvalue weighted by Crippen LogP contribution is 2.09. The lowest BCUT2D eigenvalue weighted by Crippen LogP contribution is -2.38. The van der Waals surface area contributed by atoms with E-state index in [2.05, 4.69) is 14.9 Å². The molecule has 2 rings (SSSR count). The van der Waals surface area contributed by atoms with Crippen molar-refractivity contribution in [2.24, 2.45) is 0 Å². The van der Waals surface area contributed by atoms with Crippen molar-refractivity contribution in [3.63, 3.8) is 0 Å². The molecule has 0 amide bonds. The second-order valence-corrected chi connectivity index (χ2v) is 3.72. The first kappa shape index (κ1) is 10.7. The maximum atomic E-state index is 5.64. The van der Waals surface area contributed by atoms with Crippen LogP contribution >= 0.6 is 11.6 Å². The van der Waals surface area contributed by atoms with Crippen LogP contribution in [0, 0.1) is 0 Å². The third kappa shape index (κ3) is 3.37. The minimum Gasteiger partial charge on any atom is -0.463 e. The van der Waals surface area contributed by atoms with Crippen molar-refractivity contribution in [3.8, 4) is 6.01 Å². The molecule has 0 atom stereocenters. The number of morpholine rings is 1. The largest absolute Gasteiger partial charge is 0.463 e. The van der Waals surface area contributed by atoms with Gasteiger partial charge in [0, 0.05) is 25.8 Å². The molecule has 1 aliphatic rings. The van der Waals surface area contributed by atoms with Crippen molar-refractivity contribution < 1.29 is 9.47 Å². The summed E-state index contributed by atoms with van der Waals surface area (Å²) in [5.41, 5.74) is 0. The lowest BCUT2D eigenvalue weighted by Gasteiger charge is -2.26. The van der Waals surface area contributed by atoms with Crippen LogP contribution in [0.15, 0.2) is 6.20 Å². The topological polar surface area (TPSA) is 50.4 Å². The lowest BCUT2D eigenvalue weighted by molar-refractivity contribution is 0.0317. The molecule has 6 heteroatoms. The molecule has 0 unspecified atom stereocenters. The third-order valence-corrected chi connectivity index (χ3v) is 2.47. The van der Waals surface area contributed by atoms with Gasteiger partial charge in [0.2, 0.25) is 0 Å². The summed E-state index contributed by atoms with van der Waals surface area (Å²) in [6.07, 6.45) is 1.60. The van der Waals surface area contributed by atoms with Crippen LogP contribution in [0.1, 0.15) is 0 Å². The molecule has 0 saturated carbocycles. The van der Waals surface area contributed by atoms with E-state index >= 15 is 0 Å². The van der Waals surface area contributed by atoms with Crippen LogP contribution in [0.4, 0.5) is 0 Å². The molecule has 5 nitrogen and oxygen atoms in total. The minimum atomic E-state index is 0.427. The van der Waals surface area contributed by atoms with E-state index in [1.54, 1.807) is 6.20 Å². The van der Waals surface area contributed by atoms with Crippen LogP contribution in [0.2, 0.25) is 5.15 Å². The number of H-pyrrole nitrogens is 1. The number of hydrogen-bond donors (Lipinski definition) is 1. The molecular weight excluding hydrogens is 218 g/mol. The quantitative estimate of drug-likeness (QED) is 0.832. The van der Waals surface area contributed by atoms with E-state index in [4.69, 9.17) is 21.1 Å². The molecule has 15 heavy (non-hydrogen) atoms. The van der Waals surface area contributed by atoms with Crippen LogP contribution in [-0.4, -0.2) is 54.3 Å². The van der Waals surface area contributed by atoms with Crippen LogP contribution in [-0.2, 0) is 4.74 Å². The number of aromatic nitrogens is 2. The number of aromatic amines is 1. The zero-order valence-corrected chi connectivity index (χ0v) is 9.16. The molecule has 1 aromatic heterocycles. The zero-order chi connectivity index (χ0) is 10.5. The lowest BCUT2D eigenvalue weighted by atomic mass is 10.4. The van der Waals surface area contributed by atoms with Gasteiger partial charge in [0.15, 0.2) is 5.15 Å². The fourth-order valence-electron chi connectivity index (χ4n) is 1.45. The molecule has 2 heterocycles. The maximum Gasteiger partial charge on any atom is 0.295 e. The highest BCUT2D eigenvalue weighted by atomic mass is 35.5. The maximum absolute atomic E-state index is 5.64. The van der Waals surface area contributed by atoms with Gasteiger partial charge in [-0.05, 0) is 0 Å². The monoisotopic (exact) mass is 231 g/mol. The van der Waals surface area contributed by atoms with Crippen LogP contribution in [0.25, 0.3) is 0 Å². The molecule has 0 bridgehead atoms. The fourth-order valence-corrected chi connectivity index (χ4v) is 1.58. The molecule has 1 aromatic rings. The van der Waals surface area contributed by atoms with Crippen molar-refractivity contribution >= 4 is 11.6 Å². The Hall–Kier alpha value is -0.780. The smallest absolute Gasteiger partial charge is 0.295 e. The van der Waals surface area contributed by atoms with Gasteiger partial charge in [0.05, 0.1) is 13.2 Å². The Morgan fingerprint density at radius 3 is 3.00 bits per heavy atom. The number of ether oxygens (including phenoxy) is 2. The first-order chi connectivity index (χ1) is 7.34. The van der Waals surface area contributed by atoms with Gasteiger partial charge in [0.25, 0.3) is 6.01 Å². The van der Waals surface area contributed by atoms with Crippen molar-refractivity contribution in [1.29, 1.82) is 0 Å². The third-order valence-electron chi connectivity index (χ3n) is 2.27. The molecule has 84 valence electrons. The van der Waals surface area contributed by atoms with Crippen molar-refractivity contribution in [2.75, 3.05) is 39.5 Å². The number of hydrogen-bond acceptors (Lipinski definition) is 4. The van der Waals surface area contributed by atoms with Gasteiger partial charge in [-0.3, -0.25) is 4.90 Å². The summed E-state index contributed by atoms with van der Waals surface area (Å²) < 4.78 is 10.6. The normalized spacial score (nSPS) is 17.9. The molecule has 1 aliphatic heterocycles. The number of nitrogens with zero attached hydrogens (tertiary/aromatic N) is 2. The summed E-state index contributed by atoms with van der Waals surface area (Å²) in [6.45, 7) is 5.08. The summed E-state index contributed by atoms with van der Waals surface area (Å²) in [4.78, 5) is 9.07. The Morgan fingerprint density at radius 1 is 1.53 bits per heavy atom. The van der Waals surface area contributed by atoms with Crippen LogP contribution < -0.4 is 4.74 Å². The molecule has 1 saturated heterocycles. The highest BCUT2D eigenvalue weighted by molar-refractivity contribution is 6.29. The van der Waals surface area contributed by atoms with E-state index in [9.17, 15) is 0 Å². The molecule has 0 aromatic carbocycles. The Kier molecular flexibility index (Phi) is 3.82. The van der Waals surface area contributed by atoms with Gasteiger partial charge in [-0.2, -0.15) is 4.98 Å². The second kappa shape index (κ2) is 5.34. The van der Waals surface area contributed by atoms with Gasteiger partial charge in [-0.1, -0.05) is 11.6 Å². The van der Waals surface area contributed by atoms with Crippen LogP contribution in [0.5, 0.6) is 6.01 Å². The van der Waals surface area contributed by atoms with E-state index < -0.39 is 0 Å². The van der Waals surface area contributed by atoms with Crippen molar-refractivity contribution in [3.05, 3.63) is 11.3 Å². The molecule has 0 aliphatic carbocycles. The van der Waals surface area contributed by atoms with Crippen molar-refractivity contribution in [1.82, 2.24) is 14.9 Å². The van der Waals surface area contributed by atoms with Gasteiger partial charge >= 0.3 is 0 Å². The number of nitrogens with one attached hydrogen (secondary N) is 1. The van der Waals surface area contributed by atoms with E-state index in [1.807, 2.05) is 0 Å². The standard InChI is InChI=1S/C9H14ClN3O2/c10-8-7-11-9(12-8)15-6-3-13-1-4-14-5-2-13/h7H,1-6H2,(H,11,12). The van der Waals surface area contributed by atoms with E-state index in [-0.39, 0.29) is 0 Å². The van der Waals surface area contributed by atoms with Gasteiger partial charge in [0.1, 0.15) is 6.61 Å². The number of halogens is 1. The minimum absolute atomic E-state index is 0.427. The SMILES string of the molecule is Clc1c[nH]c(OCCN2CCOCC2)n1. The summed E-state index contributed by atoms with van der Waals surface area (Å²) >= 11 is 5.64. The van der Waals surface area contributed by atoms with Crippen molar-refractivity contribution in [2.45, 2.75) is 0 Å².